The first-order valence-corrected chi connectivity index (χ1v) is 7.02. The highest BCUT2D eigenvalue weighted by Crippen LogP contribution is 2.07. The Balaban J connectivity index is 2.49. The zero-order valence-corrected chi connectivity index (χ0v) is 13.0. The number of carboxylic acid groups (broad SMARTS) is 1. The molecule has 6 nitrogen and oxygen atoms in total. The molecule has 1 heterocycles. The van der Waals surface area contributed by atoms with Gasteiger partial charge in [-0.1, -0.05) is 0 Å². The van der Waals surface area contributed by atoms with Gasteiger partial charge in [0.15, 0.2) is 0 Å². The van der Waals surface area contributed by atoms with Gasteiger partial charge in [-0.3, -0.25) is 4.79 Å². The molecule has 0 spiro atoms. The molecule has 1 amide bonds. The highest BCUT2D eigenvalue weighted by Gasteiger charge is 2.12. The maximum absolute atomic E-state index is 11.9. The maximum atomic E-state index is 11.9. The summed E-state index contributed by atoms with van der Waals surface area (Å²) < 4.78 is 0. The lowest BCUT2D eigenvalue weighted by Crippen LogP contribution is -2.31. The normalized spacial score (nSPS) is 11.0. The summed E-state index contributed by atoms with van der Waals surface area (Å²) in [5.41, 5.74) is 0.703. The van der Waals surface area contributed by atoms with Gasteiger partial charge in [0.25, 0.3) is 5.91 Å². The van der Waals surface area contributed by atoms with Crippen molar-refractivity contribution in [1.82, 2.24) is 15.2 Å². The molecule has 0 bridgehead atoms. The van der Waals surface area contributed by atoms with E-state index in [0.29, 0.717) is 18.3 Å². The molecular formula is C15H23N3O3. The number of pyridine rings is 1. The van der Waals surface area contributed by atoms with Crippen LogP contribution in [-0.4, -0.2) is 53.0 Å². The Morgan fingerprint density at radius 3 is 2.57 bits per heavy atom. The van der Waals surface area contributed by atoms with E-state index >= 15 is 0 Å². The molecule has 0 saturated carbocycles. The van der Waals surface area contributed by atoms with Crippen LogP contribution in [0.25, 0.3) is 0 Å². The first-order chi connectivity index (χ1) is 9.82. The van der Waals surface area contributed by atoms with Crippen LogP contribution in [0.5, 0.6) is 0 Å². The molecule has 0 aliphatic heterocycles. The minimum Gasteiger partial charge on any atom is -0.478 e. The lowest BCUT2D eigenvalue weighted by molar-refractivity contribution is 0.0694. The maximum Gasteiger partial charge on any atom is 0.337 e. The predicted molar refractivity (Wildman–Crippen MR) is 80.6 cm³/mol. The third-order valence-corrected chi connectivity index (χ3v) is 3.40. The number of amides is 1. The molecule has 2 N–H and O–H groups in total. The summed E-state index contributed by atoms with van der Waals surface area (Å²) in [6, 6.07) is 3.33. The Labute approximate surface area is 125 Å². The average Bonchev–Trinajstić information content (AvgIpc) is 2.42. The van der Waals surface area contributed by atoms with Crippen LogP contribution in [0.1, 0.15) is 46.8 Å². The van der Waals surface area contributed by atoms with E-state index in [2.05, 4.69) is 29.0 Å². The third kappa shape index (κ3) is 5.15. The number of aryl methyl sites for hydroxylation is 1. The highest BCUT2D eigenvalue weighted by molar-refractivity contribution is 5.94. The van der Waals surface area contributed by atoms with E-state index in [-0.39, 0.29) is 17.2 Å². The Morgan fingerprint density at radius 2 is 2.05 bits per heavy atom. The molecule has 0 aliphatic carbocycles. The summed E-state index contributed by atoms with van der Waals surface area (Å²) in [6.07, 6.45) is 0.854. The first kappa shape index (κ1) is 17.1. The standard InChI is InChI=1S/C15H23N3O3/c1-10(2)18(4)9-5-8-16-14(19)13-7-6-12(15(20)21)11(3)17-13/h6-7,10H,5,8-9H2,1-4H3,(H,16,19)(H,20,21). The van der Waals surface area contributed by atoms with E-state index in [1.807, 2.05) is 7.05 Å². The van der Waals surface area contributed by atoms with Crippen molar-refractivity contribution in [1.29, 1.82) is 0 Å². The minimum atomic E-state index is -1.04. The molecule has 0 unspecified atom stereocenters. The highest BCUT2D eigenvalue weighted by atomic mass is 16.4. The second-order valence-electron chi connectivity index (χ2n) is 5.32. The second kappa shape index (κ2) is 7.73. The van der Waals surface area contributed by atoms with Crippen LogP contribution in [-0.2, 0) is 0 Å². The van der Waals surface area contributed by atoms with Gasteiger partial charge in [-0.15, -0.1) is 0 Å². The lowest BCUT2D eigenvalue weighted by atomic mass is 10.2. The zero-order valence-electron chi connectivity index (χ0n) is 13.0. The zero-order chi connectivity index (χ0) is 16.0. The van der Waals surface area contributed by atoms with Crippen LogP contribution in [0, 0.1) is 6.92 Å². The third-order valence-electron chi connectivity index (χ3n) is 3.40. The fourth-order valence-corrected chi connectivity index (χ4v) is 1.79. The summed E-state index contributed by atoms with van der Waals surface area (Å²) in [4.78, 5) is 29.0. The molecule has 0 aromatic carbocycles. The van der Waals surface area contributed by atoms with E-state index in [9.17, 15) is 9.59 Å². The topological polar surface area (TPSA) is 82.5 Å². The van der Waals surface area contributed by atoms with Gasteiger partial charge in [0.05, 0.1) is 11.3 Å². The molecule has 1 aromatic heterocycles. The Hall–Kier alpha value is -1.95. The number of carboxylic acids is 1. The van der Waals surface area contributed by atoms with Gasteiger partial charge >= 0.3 is 5.97 Å². The van der Waals surface area contributed by atoms with Crippen LogP contribution in [0.3, 0.4) is 0 Å². The summed E-state index contributed by atoms with van der Waals surface area (Å²) in [5, 5.41) is 11.7. The predicted octanol–water partition coefficient (Wildman–Crippen LogP) is 1.55. The van der Waals surface area contributed by atoms with Gasteiger partial charge < -0.3 is 15.3 Å². The summed E-state index contributed by atoms with van der Waals surface area (Å²) in [5.74, 6) is -1.31. The van der Waals surface area contributed by atoms with Crippen molar-refractivity contribution in [3.05, 3.63) is 29.1 Å². The first-order valence-electron chi connectivity index (χ1n) is 7.02. The van der Waals surface area contributed by atoms with Crippen LogP contribution in [0.4, 0.5) is 0 Å². The molecule has 6 heteroatoms. The smallest absolute Gasteiger partial charge is 0.337 e. The number of nitrogens with zero attached hydrogens (tertiary/aromatic N) is 2. The SMILES string of the molecule is Cc1nc(C(=O)NCCCN(C)C(C)C)ccc1C(=O)O. The van der Waals surface area contributed by atoms with E-state index in [1.165, 1.54) is 12.1 Å². The summed E-state index contributed by atoms with van der Waals surface area (Å²) in [7, 11) is 2.04. The Morgan fingerprint density at radius 1 is 1.38 bits per heavy atom. The lowest BCUT2D eigenvalue weighted by Gasteiger charge is -2.20. The van der Waals surface area contributed by atoms with Crippen LogP contribution in [0.15, 0.2) is 12.1 Å². The van der Waals surface area contributed by atoms with E-state index in [4.69, 9.17) is 5.11 Å². The number of rotatable bonds is 7. The number of aromatic carboxylic acids is 1. The van der Waals surface area contributed by atoms with Crippen LogP contribution in [0.2, 0.25) is 0 Å². The van der Waals surface area contributed by atoms with E-state index in [1.54, 1.807) is 6.92 Å². The fourth-order valence-electron chi connectivity index (χ4n) is 1.79. The second-order valence-corrected chi connectivity index (χ2v) is 5.32. The van der Waals surface area contributed by atoms with Gasteiger partial charge in [-0.05, 0) is 52.9 Å². The number of aromatic nitrogens is 1. The van der Waals surface area contributed by atoms with Crippen molar-refractivity contribution in [2.75, 3.05) is 20.1 Å². The van der Waals surface area contributed by atoms with Crippen molar-refractivity contribution in [3.8, 4) is 0 Å². The number of carbonyl (C=O) groups is 2. The van der Waals surface area contributed by atoms with Crippen molar-refractivity contribution in [3.63, 3.8) is 0 Å². The number of carbonyl (C=O) groups excluding carboxylic acids is 1. The van der Waals surface area contributed by atoms with Gasteiger partial charge in [0.1, 0.15) is 5.69 Å². The molecule has 0 aliphatic rings. The van der Waals surface area contributed by atoms with Crippen molar-refractivity contribution < 1.29 is 14.7 Å². The molecule has 21 heavy (non-hydrogen) atoms. The molecular weight excluding hydrogens is 270 g/mol. The quantitative estimate of drug-likeness (QED) is 0.745. The Bertz CT molecular complexity index is 515. The average molecular weight is 293 g/mol. The number of nitrogens with one attached hydrogen (secondary N) is 1. The van der Waals surface area contributed by atoms with Crippen LogP contribution < -0.4 is 5.32 Å². The molecule has 0 saturated heterocycles. The molecule has 0 fully saturated rings. The number of hydrogen-bond acceptors (Lipinski definition) is 4. The van der Waals surface area contributed by atoms with Gasteiger partial charge in [-0.2, -0.15) is 0 Å². The largest absolute Gasteiger partial charge is 0.478 e. The minimum absolute atomic E-state index is 0.116. The summed E-state index contributed by atoms with van der Waals surface area (Å²) >= 11 is 0. The van der Waals surface area contributed by atoms with Gasteiger partial charge in [0, 0.05) is 12.6 Å². The molecule has 1 rings (SSSR count). The number of hydrogen-bond donors (Lipinski definition) is 2. The fraction of sp³-hybridized carbons (Fsp3) is 0.533. The van der Waals surface area contributed by atoms with Crippen LogP contribution >= 0.6 is 0 Å². The van der Waals surface area contributed by atoms with Gasteiger partial charge in [0.2, 0.25) is 0 Å². The molecule has 1 aromatic rings. The van der Waals surface area contributed by atoms with Crippen molar-refractivity contribution in [2.24, 2.45) is 0 Å². The summed E-state index contributed by atoms with van der Waals surface area (Å²) in [6.45, 7) is 7.29. The monoisotopic (exact) mass is 293 g/mol. The molecule has 0 radical (unpaired) electrons. The van der Waals surface area contributed by atoms with Crippen molar-refractivity contribution in [2.45, 2.75) is 33.2 Å². The Kier molecular flexibility index (Phi) is 6.30. The molecule has 0 atom stereocenters. The van der Waals surface area contributed by atoms with Gasteiger partial charge in [-0.25, -0.2) is 9.78 Å². The van der Waals surface area contributed by atoms with Crippen molar-refractivity contribution >= 4 is 11.9 Å². The van der Waals surface area contributed by atoms with E-state index < -0.39 is 5.97 Å². The van der Waals surface area contributed by atoms with E-state index in [0.717, 1.165) is 13.0 Å². The molecule has 116 valence electrons.